The van der Waals surface area contributed by atoms with Crippen LogP contribution in [0.15, 0.2) is 197 Å². The van der Waals surface area contributed by atoms with Crippen molar-refractivity contribution in [1.29, 1.82) is 0 Å². The van der Waals surface area contributed by atoms with Gasteiger partial charge in [0.25, 0.3) is 0 Å². The van der Waals surface area contributed by atoms with Gasteiger partial charge < -0.3 is 18.9 Å². The van der Waals surface area contributed by atoms with Gasteiger partial charge in [0.1, 0.15) is 29.3 Å². The predicted molar refractivity (Wildman–Crippen MR) is 234 cm³/mol. The van der Waals surface area contributed by atoms with E-state index in [4.69, 9.17) is 9.41 Å². The zero-order valence-corrected chi connectivity index (χ0v) is 30.8. The van der Waals surface area contributed by atoms with Crippen LogP contribution in [0, 0.1) is 0 Å². The second-order valence-electron chi connectivity index (χ2n) is 14.8. The van der Waals surface area contributed by atoms with E-state index in [-0.39, 0.29) is 12.3 Å². The molecule has 0 saturated carbocycles. The first-order valence-corrected chi connectivity index (χ1v) is 19.5. The Balaban J connectivity index is 1.08. The Bertz CT molecular complexity index is 3340. The monoisotopic (exact) mass is 733 g/mol. The van der Waals surface area contributed by atoms with Crippen LogP contribution >= 0.6 is 0 Å². The largest absolute Gasteiger partial charge is 0.456 e. The molecule has 2 atom stereocenters. The number of rotatable bonds is 5. The topological polar surface area (TPSA) is 59.4 Å². The fraction of sp³-hybridized carbons (Fsp3) is 0.0392. The molecule has 12 rings (SSSR count). The number of aromatic nitrogens is 2. The number of nitrogens with zero attached hydrogens (tertiary/aromatic N) is 3. The zero-order valence-electron chi connectivity index (χ0n) is 30.8. The molecule has 6 nitrogen and oxygen atoms in total. The van der Waals surface area contributed by atoms with Gasteiger partial charge in [0.15, 0.2) is 0 Å². The van der Waals surface area contributed by atoms with Crippen molar-refractivity contribution in [2.24, 2.45) is 4.99 Å². The highest BCUT2D eigenvalue weighted by atomic mass is 16.3. The quantitative estimate of drug-likeness (QED) is 0.185. The van der Waals surface area contributed by atoms with E-state index in [2.05, 4.69) is 190 Å². The summed E-state index contributed by atoms with van der Waals surface area (Å²) in [5.41, 5.74) is 11.9. The van der Waals surface area contributed by atoms with Crippen LogP contribution < -0.4 is 10.6 Å². The maximum Gasteiger partial charge on any atom is 0.137 e. The van der Waals surface area contributed by atoms with Crippen molar-refractivity contribution in [2.45, 2.75) is 12.3 Å². The van der Waals surface area contributed by atoms with Gasteiger partial charge in [-0.3, -0.25) is 5.32 Å². The Morgan fingerprint density at radius 1 is 0.439 bits per heavy atom. The van der Waals surface area contributed by atoms with Crippen molar-refractivity contribution in [3.05, 3.63) is 205 Å². The van der Waals surface area contributed by atoms with E-state index in [1.165, 1.54) is 32.6 Å². The summed E-state index contributed by atoms with van der Waals surface area (Å²) in [4.78, 5) is 5.12. The Hall–Kier alpha value is -7.41. The number of benzene rings is 8. The SMILES string of the molecule is c1ccc(C2=NC(c3ccccc3)NC(c3ccc(-n4c5ccc6c(c7ccccc7n6-c6ccccc6)c5c5ccc6oc7ccccc7c6c54)cc3)N2)cc1. The zero-order chi connectivity index (χ0) is 37.5. The van der Waals surface area contributed by atoms with Crippen molar-refractivity contribution in [2.75, 3.05) is 0 Å². The van der Waals surface area contributed by atoms with Crippen molar-refractivity contribution < 1.29 is 4.42 Å². The van der Waals surface area contributed by atoms with E-state index in [0.29, 0.717) is 0 Å². The summed E-state index contributed by atoms with van der Waals surface area (Å²) in [6.07, 6.45) is -0.365. The number of fused-ring (bicyclic) bond motifs is 11. The molecule has 8 aromatic carbocycles. The summed E-state index contributed by atoms with van der Waals surface area (Å²) in [5, 5.41) is 14.6. The van der Waals surface area contributed by atoms with E-state index in [1.807, 2.05) is 18.2 Å². The third kappa shape index (κ3) is 4.91. The number of aliphatic imine (C=N–C) groups is 1. The van der Waals surface area contributed by atoms with Gasteiger partial charge in [-0.15, -0.1) is 0 Å². The average Bonchev–Trinajstić information content (AvgIpc) is 3.95. The Morgan fingerprint density at radius 3 is 1.86 bits per heavy atom. The average molecular weight is 734 g/mol. The van der Waals surface area contributed by atoms with Crippen LogP contribution in [-0.4, -0.2) is 15.0 Å². The van der Waals surface area contributed by atoms with Crippen LogP contribution in [0.4, 0.5) is 0 Å². The van der Waals surface area contributed by atoms with Crippen LogP contribution in [-0.2, 0) is 0 Å². The predicted octanol–water partition coefficient (Wildman–Crippen LogP) is 12.1. The van der Waals surface area contributed by atoms with Crippen LogP contribution in [0.1, 0.15) is 29.0 Å². The van der Waals surface area contributed by atoms with Crippen LogP contribution in [0.2, 0.25) is 0 Å². The minimum Gasteiger partial charge on any atom is -0.456 e. The van der Waals surface area contributed by atoms with Gasteiger partial charge in [-0.05, 0) is 71.8 Å². The van der Waals surface area contributed by atoms with Crippen LogP contribution in [0.5, 0.6) is 0 Å². The number of furan rings is 1. The molecule has 11 aromatic rings. The Kier molecular flexibility index (Phi) is 7.03. The molecule has 6 heteroatoms. The minimum absolute atomic E-state index is 0.164. The van der Waals surface area contributed by atoms with Gasteiger partial charge in [0, 0.05) is 43.9 Å². The standard InChI is InChI=1S/C51H35N5O/c1-4-14-32(15-5-1)49-52-50(33-16-6-2-7-17-33)54-51(53-49)34-24-26-36(27-25-34)56-42-30-29-41-45(37-20-10-12-22-40(37)55(41)35-18-8-3-9-19-35)46(42)39-28-31-44-47(48(39)56)38-21-11-13-23-43(38)57-44/h1-31,49,51,53H,(H,52,54). The number of nitrogens with one attached hydrogen (secondary N) is 2. The van der Waals surface area contributed by atoms with E-state index in [1.54, 1.807) is 0 Å². The van der Waals surface area contributed by atoms with Crippen LogP contribution in [0.25, 0.3) is 76.9 Å². The molecule has 0 saturated heterocycles. The summed E-state index contributed by atoms with van der Waals surface area (Å²) in [6.45, 7) is 0. The maximum atomic E-state index is 6.51. The van der Waals surface area contributed by atoms with Crippen molar-refractivity contribution >= 4 is 71.4 Å². The number of hydrogen-bond donors (Lipinski definition) is 2. The first-order valence-electron chi connectivity index (χ1n) is 19.5. The molecule has 2 unspecified atom stereocenters. The highest BCUT2D eigenvalue weighted by Crippen LogP contribution is 2.46. The lowest BCUT2D eigenvalue weighted by atomic mass is 10.0. The molecule has 1 aliphatic heterocycles. The highest BCUT2D eigenvalue weighted by Gasteiger charge is 2.27. The molecule has 0 spiro atoms. The fourth-order valence-electron chi connectivity index (χ4n) is 9.08. The van der Waals surface area contributed by atoms with Gasteiger partial charge in [0.05, 0.1) is 27.5 Å². The third-order valence-corrected chi connectivity index (χ3v) is 11.6. The molecule has 0 aliphatic carbocycles. The van der Waals surface area contributed by atoms with Crippen molar-refractivity contribution in [3.63, 3.8) is 0 Å². The summed E-state index contributed by atoms with van der Waals surface area (Å²) < 4.78 is 11.4. The van der Waals surface area contributed by atoms with Crippen molar-refractivity contribution in [3.8, 4) is 11.4 Å². The van der Waals surface area contributed by atoms with E-state index in [0.717, 1.165) is 66.9 Å². The van der Waals surface area contributed by atoms with Gasteiger partial charge in [-0.25, -0.2) is 4.99 Å². The fourth-order valence-corrected chi connectivity index (χ4v) is 9.08. The molecule has 2 N–H and O–H groups in total. The molecule has 57 heavy (non-hydrogen) atoms. The lowest BCUT2D eigenvalue weighted by Gasteiger charge is -2.32. The normalized spacial score (nSPS) is 15.9. The number of amidine groups is 1. The molecular formula is C51H35N5O. The maximum absolute atomic E-state index is 6.51. The second kappa shape index (κ2) is 12.6. The number of para-hydroxylation sites is 3. The molecule has 0 bridgehead atoms. The molecule has 1 aliphatic rings. The molecule has 3 aromatic heterocycles. The second-order valence-corrected chi connectivity index (χ2v) is 14.8. The van der Waals surface area contributed by atoms with E-state index >= 15 is 0 Å². The third-order valence-electron chi connectivity index (χ3n) is 11.6. The lowest BCUT2D eigenvalue weighted by molar-refractivity contribution is 0.409. The van der Waals surface area contributed by atoms with Gasteiger partial charge >= 0.3 is 0 Å². The molecular weight excluding hydrogens is 699 g/mol. The summed E-state index contributed by atoms with van der Waals surface area (Å²) >= 11 is 0. The van der Waals surface area contributed by atoms with Crippen molar-refractivity contribution in [1.82, 2.24) is 19.8 Å². The Morgan fingerprint density at radius 2 is 1.07 bits per heavy atom. The summed E-state index contributed by atoms with van der Waals surface area (Å²) in [6, 6.07) is 66.6. The lowest BCUT2D eigenvalue weighted by Crippen LogP contribution is -2.44. The molecule has 270 valence electrons. The van der Waals surface area contributed by atoms with Gasteiger partial charge in [-0.2, -0.15) is 0 Å². The first kappa shape index (κ1) is 31.9. The molecule has 0 amide bonds. The highest BCUT2D eigenvalue weighted by molar-refractivity contribution is 6.33. The Labute approximate surface area is 327 Å². The summed E-state index contributed by atoms with van der Waals surface area (Å²) in [7, 11) is 0. The summed E-state index contributed by atoms with van der Waals surface area (Å²) in [5.74, 6) is 0.868. The molecule has 4 heterocycles. The molecule has 0 radical (unpaired) electrons. The first-order chi connectivity index (χ1) is 28.3. The minimum atomic E-state index is -0.201. The van der Waals surface area contributed by atoms with Crippen LogP contribution in [0.3, 0.4) is 0 Å². The smallest absolute Gasteiger partial charge is 0.137 e. The molecule has 0 fully saturated rings. The van der Waals surface area contributed by atoms with E-state index in [9.17, 15) is 0 Å². The van der Waals surface area contributed by atoms with Gasteiger partial charge in [0.2, 0.25) is 0 Å². The van der Waals surface area contributed by atoms with E-state index < -0.39 is 0 Å². The number of hydrogen-bond acceptors (Lipinski definition) is 4. The van der Waals surface area contributed by atoms with Gasteiger partial charge in [-0.1, -0.05) is 127 Å².